The molecule has 1 aliphatic heterocycles. The minimum Gasteiger partial charge on any atom is -0.496 e. The van der Waals surface area contributed by atoms with Crippen LogP contribution in [-0.4, -0.2) is 28.8 Å². The van der Waals surface area contributed by atoms with Crippen molar-refractivity contribution in [2.45, 2.75) is 26.7 Å². The van der Waals surface area contributed by atoms with Gasteiger partial charge in [-0.25, -0.2) is 0 Å². The van der Waals surface area contributed by atoms with Gasteiger partial charge in [-0.15, -0.1) is 5.10 Å². The molecule has 0 spiro atoms. The van der Waals surface area contributed by atoms with Crippen molar-refractivity contribution in [3.8, 4) is 11.5 Å². The van der Waals surface area contributed by atoms with E-state index in [0.717, 1.165) is 10.0 Å². The van der Waals surface area contributed by atoms with E-state index in [4.69, 9.17) is 14.2 Å². The van der Waals surface area contributed by atoms with Gasteiger partial charge in [0.2, 0.25) is 18.0 Å². The summed E-state index contributed by atoms with van der Waals surface area (Å²) in [5.41, 5.74) is 2.67. The van der Waals surface area contributed by atoms with Gasteiger partial charge in [0.1, 0.15) is 18.1 Å². The van der Waals surface area contributed by atoms with E-state index in [1.807, 2.05) is 30.3 Å². The molecular weight excluding hydrogens is 518 g/mol. The van der Waals surface area contributed by atoms with Crippen LogP contribution in [0.2, 0.25) is 0 Å². The number of ether oxygens (including phenoxy) is 3. The van der Waals surface area contributed by atoms with Gasteiger partial charge in [-0.05, 0) is 55.5 Å². The molecule has 10 heteroatoms. The van der Waals surface area contributed by atoms with Crippen LogP contribution >= 0.6 is 15.9 Å². The van der Waals surface area contributed by atoms with Crippen LogP contribution in [0.4, 0.5) is 5.69 Å². The van der Waals surface area contributed by atoms with Crippen LogP contribution in [0.3, 0.4) is 0 Å². The number of methoxy groups -OCH3 is 1. The third-order valence-electron chi connectivity index (χ3n) is 5.39. The number of aryl methyl sites for hydroxylation is 1. The van der Waals surface area contributed by atoms with E-state index in [-0.39, 0.29) is 18.2 Å². The topological polar surface area (TPSA) is 104 Å². The summed E-state index contributed by atoms with van der Waals surface area (Å²) in [6.45, 7) is 3.22. The first-order chi connectivity index (χ1) is 16.8. The molecule has 4 rings (SSSR count). The van der Waals surface area contributed by atoms with Crippen molar-refractivity contribution >= 4 is 33.4 Å². The second-order valence-electron chi connectivity index (χ2n) is 7.81. The Hall–Kier alpha value is -3.92. The lowest BCUT2D eigenvalue weighted by molar-refractivity contribution is -0.385. The van der Waals surface area contributed by atoms with Crippen molar-refractivity contribution in [1.29, 1.82) is 0 Å². The summed E-state index contributed by atoms with van der Waals surface area (Å²) in [6.07, 6.45) is -0.757. The monoisotopic (exact) mass is 539 g/mol. The molecule has 0 aromatic heterocycles. The van der Waals surface area contributed by atoms with Gasteiger partial charge < -0.3 is 14.2 Å². The van der Waals surface area contributed by atoms with Gasteiger partial charge in [0.05, 0.1) is 12.0 Å². The Morgan fingerprint density at radius 3 is 2.66 bits per heavy atom. The highest BCUT2D eigenvalue weighted by Gasteiger charge is 2.33. The first-order valence-electron chi connectivity index (χ1n) is 10.6. The standard InChI is InChI=1S/C25H22BrN3O6/c1-15-11-21(8-9-22(15)29(31)32)34-14-19-12-18(7-10-23(19)33-3)25-28(16(2)30)27-24(35-25)17-5-4-6-20(26)13-17/h4-13,25H,14H2,1-3H3. The fourth-order valence-electron chi connectivity index (χ4n) is 3.67. The van der Waals surface area contributed by atoms with Gasteiger partial charge in [0, 0.05) is 39.7 Å². The Kier molecular flexibility index (Phi) is 7.02. The first-order valence-corrected chi connectivity index (χ1v) is 11.4. The molecule has 3 aromatic rings. The molecule has 1 atom stereocenters. The van der Waals surface area contributed by atoms with Gasteiger partial charge >= 0.3 is 0 Å². The van der Waals surface area contributed by atoms with E-state index in [1.165, 1.54) is 18.0 Å². The van der Waals surface area contributed by atoms with Crippen LogP contribution in [0.1, 0.15) is 35.4 Å². The summed E-state index contributed by atoms with van der Waals surface area (Å²) >= 11 is 3.44. The molecule has 0 saturated carbocycles. The molecule has 35 heavy (non-hydrogen) atoms. The van der Waals surface area contributed by atoms with Crippen molar-refractivity contribution in [3.05, 3.63) is 97.5 Å². The van der Waals surface area contributed by atoms with E-state index in [1.54, 1.807) is 38.3 Å². The summed E-state index contributed by atoms with van der Waals surface area (Å²) in [5, 5.41) is 16.7. The number of nitro groups is 1. The summed E-state index contributed by atoms with van der Waals surface area (Å²) in [7, 11) is 1.55. The molecule has 1 aliphatic rings. The number of nitrogens with zero attached hydrogens (tertiary/aromatic N) is 3. The molecule has 9 nitrogen and oxygen atoms in total. The Morgan fingerprint density at radius 1 is 1.20 bits per heavy atom. The van der Waals surface area contributed by atoms with E-state index in [2.05, 4.69) is 21.0 Å². The molecule has 0 bridgehead atoms. The Labute approximate surface area is 210 Å². The molecule has 1 unspecified atom stereocenters. The fraction of sp³-hybridized carbons (Fsp3) is 0.200. The van der Waals surface area contributed by atoms with Crippen LogP contribution in [-0.2, 0) is 16.1 Å². The third kappa shape index (κ3) is 5.27. The number of hydrogen-bond acceptors (Lipinski definition) is 7. The van der Waals surface area contributed by atoms with Crippen LogP contribution < -0.4 is 9.47 Å². The van der Waals surface area contributed by atoms with Gasteiger partial charge in [0.25, 0.3) is 5.69 Å². The normalized spacial score (nSPS) is 14.8. The molecule has 0 saturated heterocycles. The Bertz CT molecular complexity index is 1330. The number of carbonyl (C=O) groups is 1. The number of halogens is 1. The maximum Gasteiger partial charge on any atom is 0.272 e. The second-order valence-corrected chi connectivity index (χ2v) is 8.73. The lowest BCUT2D eigenvalue weighted by Crippen LogP contribution is -2.25. The molecule has 0 aliphatic carbocycles. The van der Waals surface area contributed by atoms with E-state index in [9.17, 15) is 14.9 Å². The number of rotatable bonds is 7. The lowest BCUT2D eigenvalue weighted by Gasteiger charge is -2.21. The maximum atomic E-state index is 12.3. The zero-order valence-electron chi connectivity index (χ0n) is 19.2. The fourth-order valence-corrected chi connectivity index (χ4v) is 4.07. The Morgan fingerprint density at radius 2 is 2.00 bits per heavy atom. The van der Waals surface area contributed by atoms with E-state index < -0.39 is 11.2 Å². The molecule has 3 aromatic carbocycles. The molecule has 180 valence electrons. The summed E-state index contributed by atoms with van der Waals surface area (Å²) in [5.74, 6) is 1.15. The number of nitro benzene ring substituents is 1. The number of carbonyl (C=O) groups excluding carboxylic acids is 1. The zero-order chi connectivity index (χ0) is 25.1. The minimum absolute atomic E-state index is 0.0286. The molecule has 0 radical (unpaired) electrons. The number of hydrogen-bond donors (Lipinski definition) is 0. The minimum atomic E-state index is -0.757. The average Bonchev–Trinajstić information content (AvgIpc) is 3.28. The molecule has 0 fully saturated rings. The molecule has 1 heterocycles. The van der Waals surface area contributed by atoms with Crippen LogP contribution in [0.5, 0.6) is 11.5 Å². The van der Waals surface area contributed by atoms with Gasteiger partial charge in [-0.3, -0.25) is 14.9 Å². The summed E-state index contributed by atoms with van der Waals surface area (Å²) in [4.78, 5) is 23.0. The maximum absolute atomic E-state index is 12.3. The number of benzene rings is 3. The van der Waals surface area contributed by atoms with Crippen molar-refractivity contribution in [2.75, 3.05) is 7.11 Å². The summed E-state index contributed by atoms with van der Waals surface area (Å²) in [6, 6.07) is 17.4. The molecular formula is C25H22BrN3O6. The molecule has 1 amide bonds. The van der Waals surface area contributed by atoms with Gasteiger partial charge in [0.15, 0.2) is 0 Å². The third-order valence-corrected chi connectivity index (χ3v) is 5.88. The van der Waals surface area contributed by atoms with Crippen LogP contribution in [0, 0.1) is 17.0 Å². The predicted octanol–water partition coefficient (Wildman–Crippen LogP) is 5.49. The van der Waals surface area contributed by atoms with Gasteiger partial charge in [-0.1, -0.05) is 22.0 Å². The number of amides is 1. The highest BCUT2D eigenvalue weighted by molar-refractivity contribution is 9.10. The molecule has 0 N–H and O–H groups in total. The largest absolute Gasteiger partial charge is 0.496 e. The SMILES string of the molecule is COc1ccc(C2OC(c3cccc(Br)c3)=NN2C(C)=O)cc1COc1ccc([N+](=O)[O-])c(C)c1. The van der Waals surface area contributed by atoms with Crippen molar-refractivity contribution in [3.63, 3.8) is 0 Å². The second kappa shape index (κ2) is 10.1. The lowest BCUT2D eigenvalue weighted by atomic mass is 10.1. The van der Waals surface area contributed by atoms with E-state index >= 15 is 0 Å². The van der Waals surface area contributed by atoms with Crippen molar-refractivity contribution in [2.24, 2.45) is 5.10 Å². The highest BCUT2D eigenvalue weighted by Crippen LogP contribution is 2.34. The zero-order valence-corrected chi connectivity index (χ0v) is 20.8. The van der Waals surface area contributed by atoms with Crippen molar-refractivity contribution < 1.29 is 23.9 Å². The van der Waals surface area contributed by atoms with Crippen molar-refractivity contribution in [1.82, 2.24) is 5.01 Å². The Balaban J connectivity index is 1.58. The highest BCUT2D eigenvalue weighted by atomic mass is 79.9. The number of hydrazone groups is 1. The average molecular weight is 540 g/mol. The first kappa shape index (κ1) is 24.2. The predicted molar refractivity (Wildman–Crippen MR) is 132 cm³/mol. The smallest absolute Gasteiger partial charge is 0.272 e. The van der Waals surface area contributed by atoms with Crippen LogP contribution in [0.25, 0.3) is 0 Å². The quantitative estimate of drug-likeness (QED) is 0.290. The van der Waals surface area contributed by atoms with E-state index in [0.29, 0.717) is 34.1 Å². The van der Waals surface area contributed by atoms with Gasteiger partial charge in [-0.2, -0.15) is 5.01 Å². The van der Waals surface area contributed by atoms with Crippen LogP contribution in [0.15, 0.2) is 70.2 Å². The summed E-state index contributed by atoms with van der Waals surface area (Å²) < 4.78 is 18.3.